The van der Waals surface area contributed by atoms with E-state index in [0.717, 1.165) is 25.5 Å². The lowest BCUT2D eigenvalue weighted by Gasteiger charge is -2.31. The van der Waals surface area contributed by atoms with Crippen LogP contribution in [0.2, 0.25) is 0 Å². The maximum Gasteiger partial charge on any atom is 0.325 e. The summed E-state index contributed by atoms with van der Waals surface area (Å²) in [5.41, 5.74) is 8.16. The van der Waals surface area contributed by atoms with Gasteiger partial charge in [0.05, 0.1) is 28.2 Å². The van der Waals surface area contributed by atoms with Crippen LogP contribution in [0, 0.1) is 28.9 Å². The van der Waals surface area contributed by atoms with Gasteiger partial charge in [-0.1, -0.05) is 0 Å². The first kappa shape index (κ1) is 20.6. The Balaban J connectivity index is 1.55. The fraction of sp³-hybridized carbons (Fsp3) is 0.292. The molecule has 1 aliphatic carbocycles. The second kappa shape index (κ2) is 7.53. The number of H-pyrrole nitrogens is 1. The minimum Gasteiger partial charge on any atom is -0.424 e. The molecule has 0 amide bonds. The van der Waals surface area contributed by atoms with Crippen LogP contribution >= 0.6 is 0 Å². The van der Waals surface area contributed by atoms with E-state index in [1.54, 1.807) is 7.05 Å². The molecule has 34 heavy (non-hydrogen) atoms. The second-order valence-corrected chi connectivity index (χ2v) is 8.90. The maximum absolute atomic E-state index is 14.5. The maximum atomic E-state index is 14.5. The predicted molar refractivity (Wildman–Crippen MR) is 124 cm³/mol. The molecule has 172 valence electrons. The number of rotatable bonds is 4. The van der Waals surface area contributed by atoms with Crippen molar-refractivity contribution < 1.29 is 13.5 Å². The number of nitrogens with zero attached hydrogens (tertiary/aromatic N) is 4. The Kier molecular flexibility index (Phi) is 4.57. The van der Waals surface area contributed by atoms with Crippen LogP contribution in [0.4, 0.5) is 20.3 Å². The molecule has 0 spiro atoms. The van der Waals surface area contributed by atoms with E-state index in [4.69, 9.17) is 20.7 Å². The van der Waals surface area contributed by atoms with E-state index in [2.05, 4.69) is 20.2 Å². The molecule has 2 bridgehead atoms. The first-order valence-electron chi connectivity index (χ1n) is 11.0. The fourth-order valence-electron chi connectivity index (χ4n) is 5.32. The van der Waals surface area contributed by atoms with E-state index >= 15 is 0 Å². The number of aromatic nitrogens is 3. The molecule has 1 saturated carbocycles. The molecule has 3 heterocycles. The number of fused-ring (bicyclic) bond motifs is 5. The summed E-state index contributed by atoms with van der Waals surface area (Å²) in [7, 11) is 1.72. The SMILES string of the molecule is CNc1cc(F)cc2c1[nH]c1nc(Oc3cc(F)cc(C#N)c3)nc(N3C[C@H]4C[C@@H]3C[C@H]4N)c12. The average molecular weight is 461 g/mol. The van der Waals surface area contributed by atoms with Gasteiger partial charge in [-0.2, -0.15) is 15.2 Å². The summed E-state index contributed by atoms with van der Waals surface area (Å²) in [5, 5.41) is 13.5. The van der Waals surface area contributed by atoms with E-state index in [1.165, 1.54) is 24.3 Å². The van der Waals surface area contributed by atoms with Crippen LogP contribution in [0.15, 0.2) is 30.3 Å². The number of benzene rings is 2. The molecule has 1 aliphatic heterocycles. The summed E-state index contributed by atoms with van der Waals surface area (Å²) in [5.74, 6) is 0.120. The van der Waals surface area contributed by atoms with E-state index in [1.807, 2.05) is 6.07 Å². The monoisotopic (exact) mass is 461 g/mol. The molecule has 4 N–H and O–H groups in total. The minimum atomic E-state index is -0.596. The number of hydrogen-bond donors (Lipinski definition) is 3. The number of piperidine rings is 1. The third-order valence-electron chi connectivity index (χ3n) is 6.83. The molecule has 1 saturated heterocycles. The lowest BCUT2D eigenvalue weighted by atomic mass is 10.0. The van der Waals surface area contributed by atoms with Crippen molar-refractivity contribution in [2.24, 2.45) is 11.7 Å². The molecule has 10 heteroatoms. The molecule has 2 aliphatic rings. The number of nitriles is 1. The molecule has 6 rings (SSSR count). The first-order valence-corrected chi connectivity index (χ1v) is 11.0. The Morgan fingerprint density at radius 1 is 1.18 bits per heavy atom. The lowest BCUT2D eigenvalue weighted by Crippen LogP contribution is -2.41. The van der Waals surface area contributed by atoms with Crippen molar-refractivity contribution in [3.63, 3.8) is 0 Å². The quantitative estimate of drug-likeness (QED) is 0.420. The van der Waals surface area contributed by atoms with Gasteiger partial charge in [0.25, 0.3) is 0 Å². The number of anilines is 2. The van der Waals surface area contributed by atoms with Crippen LogP contribution in [-0.2, 0) is 0 Å². The van der Waals surface area contributed by atoms with Crippen LogP contribution < -0.4 is 20.7 Å². The molecule has 0 unspecified atom stereocenters. The van der Waals surface area contributed by atoms with E-state index in [-0.39, 0.29) is 35.2 Å². The summed E-state index contributed by atoms with van der Waals surface area (Å²) >= 11 is 0. The molecule has 2 aromatic heterocycles. The van der Waals surface area contributed by atoms with E-state index in [9.17, 15) is 8.78 Å². The van der Waals surface area contributed by atoms with Crippen LogP contribution in [0.1, 0.15) is 18.4 Å². The predicted octanol–water partition coefficient (Wildman–Crippen LogP) is 4.02. The van der Waals surface area contributed by atoms with E-state index in [0.29, 0.717) is 39.4 Å². The zero-order valence-corrected chi connectivity index (χ0v) is 18.3. The van der Waals surface area contributed by atoms with Crippen LogP contribution in [0.5, 0.6) is 11.8 Å². The van der Waals surface area contributed by atoms with Crippen molar-refractivity contribution in [2.45, 2.75) is 24.9 Å². The highest BCUT2D eigenvalue weighted by atomic mass is 19.1. The Bertz CT molecular complexity index is 1490. The van der Waals surface area contributed by atoms with Gasteiger partial charge in [-0.15, -0.1) is 0 Å². The van der Waals surface area contributed by atoms with Crippen LogP contribution in [0.25, 0.3) is 21.9 Å². The van der Waals surface area contributed by atoms with E-state index < -0.39 is 5.82 Å². The van der Waals surface area contributed by atoms with Crippen molar-refractivity contribution in [3.8, 4) is 17.8 Å². The van der Waals surface area contributed by atoms with Crippen molar-refractivity contribution in [2.75, 3.05) is 23.8 Å². The molecule has 0 radical (unpaired) electrons. The van der Waals surface area contributed by atoms with Gasteiger partial charge in [0.1, 0.15) is 28.8 Å². The van der Waals surface area contributed by atoms with Crippen molar-refractivity contribution >= 4 is 33.4 Å². The standard InChI is InChI=1S/C24H21F2N7O/c1-29-19-7-14(26)6-17-20-22(30-21(17)19)31-24(34-16-3-11(9-27)2-13(25)5-16)32-23(20)33-10-12-4-15(33)8-18(12)28/h2-3,5-7,12,15,18,29H,4,8,10,28H2,1H3,(H,30,31,32)/t12-,15-,18-/m1/s1. The highest BCUT2D eigenvalue weighted by molar-refractivity contribution is 6.14. The molecule has 4 aromatic rings. The Hall–Kier alpha value is -3.97. The van der Waals surface area contributed by atoms with Gasteiger partial charge >= 0.3 is 6.01 Å². The van der Waals surface area contributed by atoms with Gasteiger partial charge in [-0.25, -0.2) is 8.78 Å². The molecular weight excluding hydrogens is 440 g/mol. The van der Waals surface area contributed by atoms with Gasteiger partial charge in [0.15, 0.2) is 0 Å². The molecule has 2 aromatic carbocycles. The van der Waals surface area contributed by atoms with Crippen molar-refractivity contribution in [3.05, 3.63) is 47.5 Å². The molecule has 8 nitrogen and oxygen atoms in total. The number of ether oxygens (including phenoxy) is 1. The number of hydrogen-bond acceptors (Lipinski definition) is 7. The Labute approximate surface area is 193 Å². The van der Waals surface area contributed by atoms with Crippen molar-refractivity contribution in [1.29, 1.82) is 5.26 Å². The number of nitrogens with one attached hydrogen (secondary N) is 2. The summed E-state index contributed by atoms with van der Waals surface area (Å²) in [6, 6.07) is 8.88. The lowest BCUT2D eigenvalue weighted by molar-refractivity contribution is 0.436. The normalized spacial score (nSPS) is 21.4. The van der Waals surface area contributed by atoms with Crippen LogP contribution in [-0.4, -0.2) is 40.6 Å². The summed E-state index contributed by atoms with van der Waals surface area (Å²) < 4.78 is 34.2. The van der Waals surface area contributed by atoms with Crippen molar-refractivity contribution in [1.82, 2.24) is 15.0 Å². The summed E-state index contributed by atoms with van der Waals surface area (Å²) in [6.07, 6.45) is 1.82. The zero-order valence-electron chi connectivity index (χ0n) is 18.3. The second-order valence-electron chi connectivity index (χ2n) is 8.90. The van der Waals surface area contributed by atoms with Gasteiger partial charge in [0.2, 0.25) is 0 Å². The fourth-order valence-corrected chi connectivity index (χ4v) is 5.32. The number of nitrogens with two attached hydrogens (primary N) is 1. The smallest absolute Gasteiger partial charge is 0.325 e. The number of halogens is 2. The molecule has 2 fully saturated rings. The van der Waals surface area contributed by atoms with Gasteiger partial charge in [-0.3, -0.25) is 0 Å². The highest BCUT2D eigenvalue weighted by Crippen LogP contribution is 2.44. The third-order valence-corrected chi connectivity index (χ3v) is 6.83. The molecule has 3 atom stereocenters. The summed E-state index contributed by atoms with van der Waals surface area (Å²) in [6.45, 7) is 0.733. The number of aromatic amines is 1. The summed E-state index contributed by atoms with van der Waals surface area (Å²) in [4.78, 5) is 14.7. The van der Waals surface area contributed by atoms with Gasteiger partial charge < -0.3 is 25.7 Å². The van der Waals surface area contributed by atoms with Gasteiger partial charge in [0, 0.05) is 37.1 Å². The molecular formula is C24H21F2N7O. The average Bonchev–Trinajstić information content (AvgIpc) is 3.49. The Morgan fingerprint density at radius 3 is 2.71 bits per heavy atom. The first-order chi connectivity index (χ1) is 16.4. The minimum absolute atomic E-state index is 0.00194. The topological polar surface area (TPSA) is 116 Å². The van der Waals surface area contributed by atoms with Crippen LogP contribution in [0.3, 0.4) is 0 Å². The zero-order chi connectivity index (χ0) is 23.6. The van der Waals surface area contributed by atoms with Gasteiger partial charge in [-0.05, 0) is 43.0 Å². The third kappa shape index (κ3) is 3.20. The highest BCUT2D eigenvalue weighted by Gasteiger charge is 2.44. The Morgan fingerprint density at radius 2 is 2.00 bits per heavy atom. The largest absolute Gasteiger partial charge is 0.424 e.